The van der Waals surface area contributed by atoms with Gasteiger partial charge in [0.25, 0.3) is 0 Å². The van der Waals surface area contributed by atoms with E-state index in [2.05, 4.69) is 13.8 Å². The molecule has 2 aromatic carbocycles. The van der Waals surface area contributed by atoms with E-state index in [4.69, 9.17) is 4.74 Å². The summed E-state index contributed by atoms with van der Waals surface area (Å²) in [6.45, 7) is 11.2. The van der Waals surface area contributed by atoms with Gasteiger partial charge in [-0.15, -0.1) is 0 Å². The lowest BCUT2D eigenvalue weighted by Gasteiger charge is -2.30. The van der Waals surface area contributed by atoms with Crippen molar-refractivity contribution in [3.05, 3.63) is 80.4 Å². The largest absolute Gasteiger partial charge is 0.508 e. The van der Waals surface area contributed by atoms with Crippen molar-refractivity contribution in [3.63, 3.8) is 0 Å². The number of hydrogen-bond donors (Lipinski definition) is 2. The monoisotopic (exact) mass is 510 g/mol. The number of ether oxygens (including phenoxy) is 1. The van der Waals surface area contributed by atoms with Gasteiger partial charge < -0.3 is 14.9 Å². The van der Waals surface area contributed by atoms with Crippen molar-refractivity contribution in [1.82, 2.24) is 0 Å². The average Bonchev–Trinajstić information content (AvgIpc) is 3.24. The highest BCUT2D eigenvalue weighted by Crippen LogP contribution is 2.57. The number of aryl methyl sites for hydroxylation is 3. The van der Waals surface area contributed by atoms with E-state index >= 15 is 0 Å². The molecule has 0 unspecified atom stereocenters. The highest BCUT2D eigenvalue weighted by molar-refractivity contribution is 6.31. The van der Waals surface area contributed by atoms with Gasteiger partial charge in [0.1, 0.15) is 17.6 Å². The molecule has 0 aromatic heterocycles. The van der Waals surface area contributed by atoms with Gasteiger partial charge in [0, 0.05) is 22.1 Å². The molecule has 1 aliphatic heterocycles. The molecule has 1 atom stereocenters. The number of ketones is 2. The number of carbonyl (C=O) groups is 3. The van der Waals surface area contributed by atoms with Crippen LogP contribution in [-0.4, -0.2) is 33.9 Å². The molecule has 0 saturated heterocycles. The molecule has 3 aliphatic carbocycles. The smallest absolute Gasteiger partial charge is 0.339 e. The first kappa shape index (κ1) is 24.4. The minimum Gasteiger partial charge on any atom is -0.508 e. The van der Waals surface area contributed by atoms with Crippen LogP contribution in [0.4, 0.5) is 0 Å². The zero-order valence-electron chi connectivity index (χ0n) is 22.4. The maximum absolute atomic E-state index is 14.2. The molecule has 6 rings (SSSR count). The maximum atomic E-state index is 14.2. The van der Waals surface area contributed by atoms with Gasteiger partial charge in [-0.25, -0.2) is 4.79 Å². The summed E-state index contributed by atoms with van der Waals surface area (Å²) < 4.78 is 6.05. The summed E-state index contributed by atoms with van der Waals surface area (Å²) >= 11 is 0. The molecule has 2 N–H and O–H groups in total. The number of Topliss-reactive ketones (excluding diaryl/α,β-unsaturated/α-hetero) is 1. The number of carbonyl (C=O) groups excluding carboxylic acids is 3. The van der Waals surface area contributed by atoms with Gasteiger partial charge in [-0.3, -0.25) is 9.59 Å². The number of phenols is 2. The predicted octanol–water partition coefficient (Wildman–Crippen LogP) is 5.55. The summed E-state index contributed by atoms with van der Waals surface area (Å²) in [6, 6.07) is 6.77. The van der Waals surface area contributed by atoms with Crippen LogP contribution in [0.3, 0.4) is 0 Å². The van der Waals surface area contributed by atoms with Crippen LogP contribution >= 0.6 is 0 Å². The highest BCUT2D eigenvalue weighted by atomic mass is 16.5. The predicted molar refractivity (Wildman–Crippen MR) is 143 cm³/mol. The van der Waals surface area contributed by atoms with Gasteiger partial charge in [0.2, 0.25) is 0 Å². The van der Waals surface area contributed by atoms with Crippen molar-refractivity contribution in [2.45, 2.75) is 60.5 Å². The second-order valence-electron chi connectivity index (χ2n) is 12.2. The highest BCUT2D eigenvalue weighted by Gasteiger charge is 2.54. The van der Waals surface area contributed by atoms with Crippen molar-refractivity contribution in [2.75, 3.05) is 0 Å². The van der Waals surface area contributed by atoms with Crippen molar-refractivity contribution in [2.24, 2.45) is 10.8 Å². The standard InChI is InChI=1S/C32H30O6/c1-14-9-16-7-8-31(3,4)29-25(17(16)11-21(14)33)27(30(37)38-29)26-24-19-10-15(2)22(34)12-18(19)23(35)13-20(24)32(5,6)28(26)36/h9-13,29,33-34H,7-8H2,1-6H3/t29-/m1/s1. The maximum Gasteiger partial charge on any atom is 0.339 e. The molecule has 0 spiro atoms. The van der Waals surface area contributed by atoms with Crippen LogP contribution in [0.25, 0.3) is 11.1 Å². The van der Waals surface area contributed by atoms with E-state index in [1.807, 2.05) is 13.0 Å². The van der Waals surface area contributed by atoms with Gasteiger partial charge in [-0.2, -0.15) is 0 Å². The van der Waals surface area contributed by atoms with E-state index in [1.54, 1.807) is 32.9 Å². The Morgan fingerprint density at radius 1 is 0.816 bits per heavy atom. The summed E-state index contributed by atoms with van der Waals surface area (Å²) in [5, 5.41) is 21.0. The van der Waals surface area contributed by atoms with Crippen LogP contribution < -0.4 is 0 Å². The zero-order chi connectivity index (χ0) is 27.5. The fraction of sp³-hybridized carbons (Fsp3) is 0.344. The number of aromatic hydroxyl groups is 2. The first-order chi connectivity index (χ1) is 17.7. The number of allylic oxidation sites excluding steroid dienone is 3. The van der Waals surface area contributed by atoms with E-state index in [0.717, 1.165) is 29.5 Å². The zero-order valence-corrected chi connectivity index (χ0v) is 22.4. The van der Waals surface area contributed by atoms with Gasteiger partial charge >= 0.3 is 5.97 Å². The Morgan fingerprint density at radius 3 is 2.13 bits per heavy atom. The molecule has 0 saturated carbocycles. The fourth-order valence-electron chi connectivity index (χ4n) is 6.41. The lowest BCUT2D eigenvalue weighted by molar-refractivity contribution is -0.143. The fourth-order valence-corrected chi connectivity index (χ4v) is 6.41. The summed E-state index contributed by atoms with van der Waals surface area (Å²) in [5.41, 5.74) is 4.53. The second kappa shape index (κ2) is 7.56. The van der Waals surface area contributed by atoms with Crippen LogP contribution in [0.5, 0.6) is 11.5 Å². The van der Waals surface area contributed by atoms with E-state index in [1.165, 1.54) is 12.1 Å². The Hall–Kier alpha value is -3.93. The van der Waals surface area contributed by atoms with E-state index in [0.29, 0.717) is 33.4 Å². The molecule has 0 amide bonds. The lowest BCUT2D eigenvalue weighted by atomic mass is 9.77. The van der Waals surface area contributed by atoms with Crippen molar-refractivity contribution >= 4 is 28.7 Å². The van der Waals surface area contributed by atoms with Crippen LogP contribution in [0, 0.1) is 24.7 Å². The molecule has 2 aromatic rings. The van der Waals surface area contributed by atoms with E-state index < -0.39 is 22.9 Å². The van der Waals surface area contributed by atoms with Crippen molar-refractivity contribution < 1.29 is 29.3 Å². The first-order valence-electron chi connectivity index (χ1n) is 12.9. The van der Waals surface area contributed by atoms with Gasteiger partial charge in [0.05, 0.1) is 11.0 Å². The van der Waals surface area contributed by atoms with Gasteiger partial charge in [0.15, 0.2) is 11.6 Å². The second-order valence-corrected chi connectivity index (χ2v) is 12.2. The van der Waals surface area contributed by atoms with Gasteiger partial charge in [-0.1, -0.05) is 19.9 Å². The molecule has 0 radical (unpaired) electrons. The molecule has 0 fully saturated rings. The molecule has 4 aliphatic rings. The normalized spacial score (nSPS) is 22.9. The Kier molecular flexibility index (Phi) is 4.86. The molecular weight excluding hydrogens is 480 g/mol. The Labute approximate surface area is 221 Å². The Balaban J connectivity index is 1.76. The molecular formula is C32H30O6. The third-order valence-electron chi connectivity index (χ3n) is 8.80. The molecule has 194 valence electrons. The Bertz CT molecular complexity index is 1630. The van der Waals surface area contributed by atoms with Crippen LogP contribution in [0.15, 0.2) is 47.1 Å². The van der Waals surface area contributed by atoms with Crippen molar-refractivity contribution in [3.8, 4) is 11.5 Å². The quantitative estimate of drug-likeness (QED) is 0.488. The van der Waals surface area contributed by atoms with Gasteiger partial charge in [-0.05, 0) is 104 Å². The SMILES string of the molecule is Cc1cc2c(cc1O)C1=C(C3=C4C(=CC(=O)c5cc(O)c(C)cc54)C(C)(C)C3=O)C(=O)O[C@H]1C(C)(C)CC2. The number of benzene rings is 2. The number of fused-ring (bicyclic) bond motifs is 6. The summed E-state index contributed by atoms with van der Waals surface area (Å²) in [7, 11) is 0. The molecule has 6 heteroatoms. The van der Waals surface area contributed by atoms with Crippen LogP contribution in [0.1, 0.15) is 72.3 Å². The number of rotatable bonds is 1. The summed E-state index contributed by atoms with van der Waals surface area (Å²) in [6.07, 6.45) is 2.35. The minimum atomic E-state index is -1.05. The first-order valence-corrected chi connectivity index (χ1v) is 12.9. The third kappa shape index (κ3) is 3.09. The lowest BCUT2D eigenvalue weighted by Crippen LogP contribution is -2.30. The van der Waals surface area contributed by atoms with E-state index in [9.17, 15) is 24.6 Å². The number of esters is 1. The number of hydrogen-bond acceptors (Lipinski definition) is 6. The average molecular weight is 511 g/mol. The summed E-state index contributed by atoms with van der Waals surface area (Å²) in [4.78, 5) is 41.1. The Morgan fingerprint density at radius 2 is 1.45 bits per heavy atom. The molecule has 1 heterocycles. The summed E-state index contributed by atoms with van der Waals surface area (Å²) in [5.74, 6) is -1.02. The van der Waals surface area contributed by atoms with Crippen LogP contribution in [0.2, 0.25) is 0 Å². The number of phenolic OH excluding ortho intramolecular Hbond substituents is 2. The topological polar surface area (TPSA) is 101 Å². The van der Waals surface area contributed by atoms with Crippen molar-refractivity contribution in [1.29, 1.82) is 0 Å². The molecule has 0 bridgehead atoms. The van der Waals surface area contributed by atoms with Crippen LogP contribution in [-0.2, 0) is 20.7 Å². The molecule has 38 heavy (non-hydrogen) atoms. The minimum absolute atomic E-state index is 0.00709. The van der Waals surface area contributed by atoms with E-state index in [-0.39, 0.29) is 34.2 Å². The third-order valence-corrected chi connectivity index (χ3v) is 8.80. The molecule has 6 nitrogen and oxygen atoms in total.